The van der Waals surface area contributed by atoms with Crippen LogP contribution in [0, 0.1) is 5.82 Å². The highest BCUT2D eigenvalue weighted by Gasteiger charge is 2.28. The molecular weight excluding hydrogens is 331 g/mol. The molecular formula is C18H19FO4S. The van der Waals surface area contributed by atoms with Crippen LogP contribution in [0.25, 0.3) is 0 Å². The highest BCUT2D eigenvalue weighted by atomic mass is 32.2. The topological polar surface area (TPSA) is 64.3 Å². The van der Waals surface area contributed by atoms with Crippen molar-refractivity contribution >= 4 is 15.6 Å². The number of halogens is 1. The molecule has 0 spiro atoms. The average molecular weight is 350 g/mol. The number of benzene rings is 1. The molecule has 1 saturated heterocycles. The Labute approximate surface area is 140 Å². The molecule has 0 saturated carbocycles. The van der Waals surface area contributed by atoms with Crippen LogP contribution in [0.15, 0.2) is 34.7 Å². The van der Waals surface area contributed by atoms with Gasteiger partial charge in [0.05, 0.1) is 11.5 Å². The minimum Gasteiger partial charge on any atom is -0.457 e. The third-order valence-corrected chi connectivity index (χ3v) is 6.13. The Kier molecular flexibility index (Phi) is 4.58. The van der Waals surface area contributed by atoms with Gasteiger partial charge in [0.25, 0.3) is 0 Å². The minimum atomic E-state index is -2.94. The monoisotopic (exact) mass is 350 g/mol. The SMILES string of the molecule is CC(=O)c1oc(C2CCS(=O)(=O)CC2)cc1Cc1ccc(F)cc1. The molecule has 128 valence electrons. The van der Waals surface area contributed by atoms with Crippen LogP contribution in [-0.2, 0) is 16.3 Å². The quantitative estimate of drug-likeness (QED) is 0.792. The van der Waals surface area contributed by atoms with E-state index in [4.69, 9.17) is 4.42 Å². The van der Waals surface area contributed by atoms with Gasteiger partial charge in [0.2, 0.25) is 0 Å². The molecule has 0 radical (unpaired) electrons. The maximum Gasteiger partial charge on any atom is 0.195 e. The van der Waals surface area contributed by atoms with E-state index >= 15 is 0 Å². The van der Waals surface area contributed by atoms with Crippen molar-refractivity contribution in [3.63, 3.8) is 0 Å². The van der Waals surface area contributed by atoms with Crippen molar-refractivity contribution in [1.29, 1.82) is 0 Å². The second-order valence-electron chi connectivity index (χ2n) is 6.29. The fraction of sp³-hybridized carbons (Fsp3) is 0.389. The predicted octanol–water partition coefficient (Wildman–Crippen LogP) is 3.50. The first kappa shape index (κ1) is 16.9. The second kappa shape index (κ2) is 6.51. The van der Waals surface area contributed by atoms with Crippen molar-refractivity contribution in [3.05, 3.63) is 58.8 Å². The van der Waals surface area contributed by atoms with Gasteiger partial charge in [-0.1, -0.05) is 12.1 Å². The average Bonchev–Trinajstić information content (AvgIpc) is 2.93. The van der Waals surface area contributed by atoms with E-state index in [1.165, 1.54) is 19.1 Å². The molecule has 0 bridgehead atoms. The lowest BCUT2D eigenvalue weighted by atomic mass is 9.98. The summed E-state index contributed by atoms with van der Waals surface area (Å²) in [6, 6.07) is 7.98. The summed E-state index contributed by atoms with van der Waals surface area (Å²) in [5.74, 6) is 0.842. The molecule has 1 aromatic heterocycles. The van der Waals surface area contributed by atoms with Crippen LogP contribution in [0.3, 0.4) is 0 Å². The van der Waals surface area contributed by atoms with Crippen LogP contribution in [0.1, 0.15) is 53.1 Å². The fourth-order valence-corrected chi connectivity index (χ4v) is 4.57. The Morgan fingerprint density at radius 2 is 1.83 bits per heavy atom. The molecule has 1 fully saturated rings. The summed E-state index contributed by atoms with van der Waals surface area (Å²) in [5.41, 5.74) is 1.65. The maximum absolute atomic E-state index is 13.0. The van der Waals surface area contributed by atoms with E-state index in [0.717, 1.165) is 11.1 Å². The van der Waals surface area contributed by atoms with Crippen LogP contribution in [0.4, 0.5) is 4.39 Å². The third kappa shape index (κ3) is 3.75. The molecule has 1 aromatic carbocycles. The van der Waals surface area contributed by atoms with Crippen LogP contribution in [0.2, 0.25) is 0 Å². The zero-order chi connectivity index (χ0) is 17.3. The standard InChI is InChI=1S/C18H19FO4S/c1-12(20)18-15(10-13-2-4-16(19)5-3-13)11-17(23-18)14-6-8-24(21,22)9-7-14/h2-5,11,14H,6-10H2,1H3. The Morgan fingerprint density at radius 1 is 1.21 bits per heavy atom. The number of Topliss-reactive ketones (excluding diaryl/α,β-unsaturated/α-hetero) is 1. The van der Waals surface area contributed by atoms with Crippen molar-refractivity contribution in [2.45, 2.75) is 32.1 Å². The molecule has 2 aromatic rings. The van der Waals surface area contributed by atoms with Crippen molar-refractivity contribution in [2.24, 2.45) is 0 Å². The van der Waals surface area contributed by atoms with Crippen molar-refractivity contribution in [1.82, 2.24) is 0 Å². The van der Waals surface area contributed by atoms with Crippen molar-refractivity contribution in [2.75, 3.05) is 11.5 Å². The number of ketones is 1. The number of carbonyl (C=O) groups excluding carboxylic acids is 1. The van der Waals surface area contributed by atoms with Gasteiger partial charge in [0.15, 0.2) is 11.5 Å². The zero-order valence-electron chi connectivity index (χ0n) is 13.4. The normalized spacial score (nSPS) is 17.8. The van der Waals surface area contributed by atoms with E-state index in [1.807, 2.05) is 6.07 Å². The van der Waals surface area contributed by atoms with E-state index < -0.39 is 9.84 Å². The number of sulfone groups is 1. The molecule has 0 atom stereocenters. The highest BCUT2D eigenvalue weighted by Crippen LogP contribution is 2.33. The Morgan fingerprint density at radius 3 is 2.42 bits per heavy atom. The van der Waals surface area contributed by atoms with Gasteiger partial charge in [-0.05, 0) is 36.6 Å². The summed E-state index contributed by atoms with van der Waals surface area (Å²) >= 11 is 0. The van der Waals surface area contributed by atoms with Crippen molar-refractivity contribution in [3.8, 4) is 0 Å². The molecule has 1 aliphatic heterocycles. The first-order chi connectivity index (χ1) is 11.3. The van der Waals surface area contributed by atoms with Crippen LogP contribution in [0.5, 0.6) is 0 Å². The zero-order valence-corrected chi connectivity index (χ0v) is 14.2. The predicted molar refractivity (Wildman–Crippen MR) is 88.5 cm³/mol. The third-order valence-electron chi connectivity index (χ3n) is 4.41. The van der Waals surface area contributed by atoms with E-state index in [1.54, 1.807) is 12.1 Å². The molecule has 1 aliphatic rings. The Hall–Kier alpha value is -1.95. The lowest BCUT2D eigenvalue weighted by Crippen LogP contribution is -2.21. The summed E-state index contributed by atoms with van der Waals surface area (Å²) < 4.78 is 41.9. The van der Waals surface area contributed by atoms with E-state index in [-0.39, 0.29) is 29.0 Å². The van der Waals surface area contributed by atoms with Crippen molar-refractivity contribution < 1.29 is 22.0 Å². The number of furan rings is 1. The summed E-state index contributed by atoms with van der Waals surface area (Å²) in [6.07, 6.45) is 1.51. The summed E-state index contributed by atoms with van der Waals surface area (Å²) in [4.78, 5) is 11.9. The second-order valence-corrected chi connectivity index (χ2v) is 8.59. The molecule has 4 nitrogen and oxygen atoms in total. The van der Waals surface area contributed by atoms with Gasteiger partial charge in [-0.2, -0.15) is 0 Å². The van der Waals surface area contributed by atoms with Gasteiger partial charge in [-0.3, -0.25) is 4.79 Å². The summed E-state index contributed by atoms with van der Waals surface area (Å²) in [5, 5.41) is 0. The molecule has 0 amide bonds. The largest absolute Gasteiger partial charge is 0.457 e. The highest BCUT2D eigenvalue weighted by molar-refractivity contribution is 7.91. The van der Waals surface area contributed by atoms with Gasteiger partial charge in [-0.15, -0.1) is 0 Å². The molecule has 0 unspecified atom stereocenters. The summed E-state index contributed by atoms with van der Waals surface area (Å²) in [6.45, 7) is 1.45. The first-order valence-electron chi connectivity index (χ1n) is 7.92. The van der Waals surface area contributed by atoms with E-state index in [2.05, 4.69) is 0 Å². The van der Waals surface area contributed by atoms with Crippen LogP contribution < -0.4 is 0 Å². The van der Waals surface area contributed by atoms with Crippen LogP contribution in [-0.4, -0.2) is 25.7 Å². The summed E-state index contributed by atoms with van der Waals surface area (Å²) in [7, 11) is -2.94. The fourth-order valence-electron chi connectivity index (χ4n) is 3.08. The molecule has 24 heavy (non-hydrogen) atoms. The number of rotatable bonds is 4. The molecule has 0 aliphatic carbocycles. The smallest absolute Gasteiger partial charge is 0.195 e. The molecule has 0 N–H and O–H groups in total. The number of hydrogen-bond donors (Lipinski definition) is 0. The molecule has 2 heterocycles. The van der Waals surface area contributed by atoms with E-state index in [9.17, 15) is 17.6 Å². The lowest BCUT2D eigenvalue weighted by molar-refractivity contribution is 0.0983. The Balaban J connectivity index is 1.85. The number of carbonyl (C=O) groups is 1. The number of hydrogen-bond acceptors (Lipinski definition) is 4. The molecule has 3 rings (SSSR count). The minimum absolute atomic E-state index is 0.0218. The van der Waals surface area contributed by atoms with E-state index in [0.29, 0.717) is 30.8 Å². The van der Waals surface area contributed by atoms with Gasteiger partial charge in [-0.25, -0.2) is 12.8 Å². The van der Waals surface area contributed by atoms with Gasteiger partial charge >= 0.3 is 0 Å². The van der Waals surface area contributed by atoms with Gasteiger partial charge in [0, 0.05) is 24.8 Å². The van der Waals surface area contributed by atoms with Gasteiger partial charge < -0.3 is 4.42 Å². The molecule has 6 heteroatoms. The Bertz CT molecular complexity index is 836. The maximum atomic E-state index is 13.0. The lowest BCUT2D eigenvalue weighted by Gasteiger charge is -2.19. The van der Waals surface area contributed by atoms with Crippen LogP contribution >= 0.6 is 0 Å². The first-order valence-corrected chi connectivity index (χ1v) is 9.74. The van der Waals surface area contributed by atoms with Gasteiger partial charge in [0.1, 0.15) is 21.4 Å².